The highest BCUT2D eigenvalue weighted by atomic mass is 32.1. The van der Waals surface area contributed by atoms with Crippen molar-refractivity contribution in [2.24, 2.45) is 0 Å². The lowest BCUT2D eigenvalue weighted by Gasteiger charge is -2.25. The Balaban J connectivity index is 1.68. The number of aromatic nitrogens is 2. The van der Waals surface area contributed by atoms with E-state index in [0.29, 0.717) is 28.9 Å². The van der Waals surface area contributed by atoms with E-state index in [2.05, 4.69) is 15.6 Å². The monoisotopic (exact) mass is 434 g/mol. The molecular formula is C27H18N2O2S. The van der Waals surface area contributed by atoms with Crippen molar-refractivity contribution in [3.8, 4) is 11.1 Å². The minimum absolute atomic E-state index is 0.123. The largest absolute Gasteiger partial charge is 0.507 e. The number of hydrogen-bond donors (Lipinski definition) is 1. The zero-order chi connectivity index (χ0) is 21.7. The number of aliphatic hydroxyl groups excluding tert-OH is 1. The number of fused-ring (bicyclic) bond motifs is 4. The number of aliphatic hydroxyl groups is 1. The highest BCUT2D eigenvalue weighted by Crippen LogP contribution is 2.39. The molecule has 4 nitrogen and oxygen atoms in total. The van der Waals surface area contributed by atoms with Gasteiger partial charge in [0, 0.05) is 16.5 Å². The van der Waals surface area contributed by atoms with E-state index in [9.17, 15) is 9.90 Å². The molecular weight excluding hydrogens is 416 g/mol. The Kier molecular flexibility index (Phi) is 4.30. The fraction of sp³-hybridized carbons (Fsp3) is 0.0370. The number of nitrogens with zero attached hydrogens (tertiary/aromatic N) is 2. The van der Waals surface area contributed by atoms with Crippen molar-refractivity contribution < 1.29 is 5.11 Å². The average Bonchev–Trinajstić information content (AvgIpc) is 3.30. The molecule has 6 rings (SSSR count). The van der Waals surface area contributed by atoms with Gasteiger partial charge in [0.25, 0.3) is 5.56 Å². The third kappa shape index (κ3) is 2.82. The van der Waals surface area contributed by atoms with Crippen molar-refractivity contribution in [3.05, 3.63) is 123 Å². The molecule has 32 heavy (non-hydrogen) atoms. The van der Waals surface area contributed by atoms with Crippen molar-refractivity contribution in [1.29, 1.82) is 0 Å². The highest BCUT2D eigenvalue weighted by molar-refractivity contribution is 7.17. The second kappa shape index (κ2) is 7.32. The van der Waals surface area contributed by atoms with Gasteiger partial charge in [-0.1, -0.05) is 84.9 Å². The molecule has 0 spiro atoms. The smallest absolute Gasteiger partial charge is 0.282 e. The lowest BCUT2D eigenvalue weighted by atomic mass is 9.92. The SMILES string of the molecule is O=c1nc2n(c3scc(-c4ccccc4)c13)Cc1ccccc1C2=C(O)c1ccccc1. The van der Waals surface area contributed by atoms with Crippen LogP contribution >= 0.6 is 11.3 Å². The summed E-state index contributed by atoms with van der Waals surface area (Å²) in [5, 5.41) is 14.0. The molecule has 0 atom stereocenters. The molecule has 0 aliphatic carbocycles. The number of rotatable bonds is 2. The molecule has 0 saturated heterocycles. The molecule has 1 aliphatic rings. The first-order valence-corrected chi connectivity index (χ1v) is 11.2. The van der Waals surface area contributed by atoms with E-state index in [0.717, 1.165) is 27.1 Å². The maximum Gasteiger partial charge on any atom is 0.282 e. The van der Waals surface area contributed by atoms with Gasteiger partial charge in [-0.2, -0.15) is 4.98 Å². The van der Waals surface area contributed by atoms with Crippen LogP contribution in [0.15, 0.2) is 95.1 Å². The van der Waals surface area contributed by atoms with Crippen LogP contribution in [0.25, 0.3) is 32.7 Å². The standard InChI is InChI=1S/C27H18N2O2S/c30-24(18-11-5-2-6-12-18)22-20-14-8-7-13-19(20)15-29-25(22)28-26(31)23-21(16-32-27(23)29)17-9-3-1-4-10-17/h1-14,16,30H,15H2. The van der Waals surface area contributed by atoms with Crippen molar-refractivity contribution in [3.63, 3.8) is 0 Å². The van der Waals surface area contributed by atoms with Crippen LogP contribution in [0.1, 0.15) is 22.5 Å². The molecule has 0 saturated carbocycles. The summed E-state index contributed by atoms with van der Waals surface area (Å²) in [6, 6.07) is 27.3. The van der Waals surface area contributed by atoms with Crippen LogP contribution in [-0.4, -0.2) is 14.7 Å². The molecule has 1 aliphatic heterocycles. The minimum Gasteiger partial charge on any atom is -0.507 e. The van der Waals surface area contributed by atoms with Crippen LogP contribution in [0.4, 0.5) is 0 Å². The lowest BCUT2D eigenvalue weighted by Crippen LogP contribution is -2.23. The molecule has 154 valence electrons. The molecule has 3 heterocycles. The quantitative estimate of drug-likeness (QED) is 0.342. The Morgan fingerprint density at radius 1 is 0.875 bits per heavy atom. The zero-order valence-corrected chi connectivity index (χ0v) is 17.8. The molecule has 5 aromatic rings. The predicted octanol–water partition coefficient (Wildman–Crippen LogP) is 5.96. The summed E-state index contributed by atoms with van der Waals surface area (Å²) in [6.07, 6.45) is 0. The van der Waals surface area contributed by atoms with E-state index >= 15 is 0 Å². The Labute approximate surface area is 188 Å². The maximum atomic E-state index is 13.3. The summed E-state index contributed by atoms with van der Waals surface area (Å²) in [6.45, 7) is 0.593. The van der Waals surface area contributed by atoms with Gasteiger partial charge < -0.3 is 9.67 Å². The number of thiophene rings is 1. The Hall–Kier alpha value is -3.96. The van der Waals surface area contributed by atoms with Crippen molar-refractivity contribution in [1.82, 2.24) is 9.55 Å². The fourth-order valence-corrected chi connectivity index (χ4v) is 5.47. The second-order valence-corrected chi connectivity index (χ2v) is 8.63. The van der Waals surface area contributed by atoms with Crippen LogP contribution < -0.4 is 5.56 Å². The van der Waals surface area contributed by atoms with Crippen molar-refractivity contribution in [2.75, 3.05) is 0 Å². The van der Waals surface area contributed by atoms with Gasteiger partial charge in [-0.15, -0.1) is 11.3 Å². The normalized spacial score (nSPS) is 14.1. The van der Waals surface area contributed by atoms with Gasteiger partial charge in [0.1, 0.15) is 16.4 Å². The molecule has 0 bridgehead atoms. The number of hydrogen-bond acceptors (Lipinski definition) is 4. The fourth-order valence-electron chi connectivity index (χ4n) is 4.40. The molecule has 0 fully saturated rings. The molecule has 0 amide bonds. The van der Waals surface area contributed by atoms with E-state index in [1.165, 1.54) is 0 Å². The van der Waals surface area contributed by atoms with Crippen LogP contribution in [-0.2, 0) is 6.54 Å². The van der Waals surface area contributed by atoms with Gasteiger partial charge in [-0.05, 0) is 16.7 Å². The molecule has 2 aromatic heterocycles. The Morgan fingerprint density at radius 3 is 2.34 bits per heavy atom. The lowest BCUT2D eigenvalue weighted by molar-refractivity contribution is 0.512. The van der Waals surface area contributed by atoms with Gasteiger partial charge in [0.15, 0.2) is 0 Å². The minimum atomic E-state index is -0.274. The summed E-state index contributed by atoms with van der Waals surface area (Å²) in [4.78, 5) is 18.7. The predicted molar refractivity (Wildman–Crippen MR) is 130 cm³/mol. The summed E-state index contributed by atoms with van der Waals surface area (Å²) in [7, 11) is 0. The summed E-state index contributed by atoms with van der Waals surface area (Å²) < 4.78 is 2.06. The van der Waals surface area contributed by atoms with Gasteiger partial charge in [0.2, 0.25) is 0 Å². The summed E-state index contributed by atoms with van der Waals surface area (Å²) >= 11 is 1.54. The molecule has 1 N–H and O–H groups in total. The first kappa shape index (κ1) is 18.8. The van der Waals surface area contributed by atoms with Crippen LogP contribution in [0.2, 0.25) is 0 Å². The highest BCUT2D eigenvalue weighted by Gasteiger charge is 2.28. The molecule has 0 radical (unpaired) electrons. The van der Waals surface area contributed by atoms with E-state index < -0.39 is 0 Å². The van der Waals surface area contributed by atoms with Crippen LogP contribution in [0.3, 0.4) is 0 Å². The maximum absolute atomic E-state index is 13.3. The van der Waals surface area contributed by atoms with E-state index in [4.69, 9.17) is 0 Å². The van der Waals surface area contributed by atoms with E-state index in [1.54, 1.807) is 11.3 Å². The Bertz CT molecular complexity index is 1560. The first-order valence-electron chi connectivity index (χ1n) is 10.4. The van der Waals surface area contributed by atoms with Gasteiger partial charge >= 0.3 is 0 Å². The van der Waals surface area contributed by atoms with Crippen LogP contribution in [0, 0.1) is 0 Å². The second-order valence-electron chi connectivity index (χ2n) is 7.77. The van der Waals surface area contributed by atoms with Crippen LogP contribution in [0.5, 0.6) is 0 Å². The topological polar surface area (TPSA) is 55.1 Å². The average molecular weight is 435 g/mol. The van der Waals surface area contributed by atoms with Gasteiger partial charge in [-0.3, -0.25) is 4.79 Å². The van der Waals surface area contributed by atoms with E-state index in [1.807, 2.05) is 84.2 Å². The van der Waals surface area contributed by atoms with Gasteiger partial charge in [0.05, 0.1) is 17.5 Å². The summed E-state index contributed by atoms with van der Waals surface area (Å²) in [5.74, 6) is 0.626. The third-order valence-electron chi connectivity index (χ3n) is 5.90. The zero-order valence-electron chi connectivity index (χ0n) is 17.0. The third-order valence-corrected chi connectivity index (χ3v) is 6.90. The molecule has 3 aromatic carbocycles. The van der Waals surface area contributed by atoms with Gasteiger partial charge in [-0.25, -0.2) is 0 Å². The summed E-state index contributed by atoms with van der Waals surface area (Å²) in [5.41, 5.74) is 4.89. The van der Waals surface area contributed by atoms with E-state index in [-0.39, 0.29) is 11.3 Å². The van der Waals surface area contributed by atoms with Crippen molar-refractivity contribution in [2.45, 2.75) is 6.54 Å². The number of benzene rings is 3. The molecule has 0 unspecified atom stereocenters. The molecule has 5 heteroatoms. The first-order chi connectivity index (χ1) is 15.7. The Morgan fingerprint density at radius 2 is 1.56 bits per heavy atom. The van der Waals surface area contributed by atoms with Crippen molar-refractivity contribution >= 4 is 32.9 Å².